The van der Waals surface area contributed by atoms with E-state index in [-0.39, 0.29) is 5.91 Å². The summed E-state index contributed by atoms with van der Waals surface area (Å²) >= 11 is 0. The van der Waals surface area contributed by atoms with Gasteiger partial charge in [0, 0.05) is 25.2 Å². The van der Waals surface area contributed by atoms with Gasteiger partial charge in [-0.05, 0) is 12.1 Å². The van der Waals surface area contributed by atoms with Crippen molar-refractivity contribution in [3.8, 4) is 11.3 Å². The number of benzene rings is 1. The summed E-state index contributed by atoms with van der Waals surface area (Å²) in [5.74, 6) is 0.482. The minimum absolute atomic E-state index is 0.0397. The number of amides is 1. The minimum atomic E-state index is -0.0397. The summed E-state index contributed by atoms with van der Waals surface area (Å²) < 4.78 is 5.03. The molecule has 0 radical (unpaired) electrons. The van der Waals surface area contributed by atoms with E-state index < -0.39 is 0 Å². The first-order chi connectivity index (χ1) is 8.09. The predicted octanol–water partition coefficient (Wildman–Crippen LogP) is 1.63. The van der Waals surface area contributed by atoms with E-state index in [1.807, 2.05) is 0 Å². The number of carbonyl (C=O) groups excluding carboxylic acids is 1. The molecule has 1 amide bonds. The molecule has 1 aromatic heterocycles. The Balaban J connectivity index is 2.31. The van der Waals surface area contributed by atoms with E-state index in [0.717, 1.165) is 5.56 Å². The van der Waals surface area contributed by atoms with Gasteiger partial charge in [0.2, 0.25) is 0 Å². The number of aromatic nitrogens is 1. The van der Waals surface area contributed by atoms with E-state index in [0.29, 0.717) is 17.0 Å². The molecular formula is C12H13N3O2. The molecular weight excluding hydrogens is 218 g/mol. The van der Waals surface area contributed by atoms with Crippen LogP contribution in [0.1, 0.15) is 10.4 Å². The second-order valence-electron chi connectivity index (χ2n) is 3.89. The lowest BCUT2D eigenvalue weighted by Gasteiger charge is -2.10. The maximum absolute atomic E-state index is 11.7. The molecule has 5 heteroatoms. The second-order valence-corrected chi connectivity index (χ2v) is 3.89. The summed E-state index contributed by atoms with van der Waals surface area (Å²) in [5, 5.41) is 3.61. The average Bonchev–Trinajstić information content (AvgIpc) is 2.74. The molecule has 1 heterocycles. The van der Waals surface area contributed by atoms with Crippen molar-refractivity contribution in [2.75, 3.05) is 19.8 Å². The Morgan fingerprint density at radius 1 is 1.29 bits per heavy atom. The molecule has 0 aliphatic carbocycles. The molecule has 5 nitrogen and oxygen atoms in total. The third-order valence-electron chi connectivity index (χ3n) is 2.40. The third kappa shape index (κ3) is 2.13. The SMILES string of the molecule is CN(C)C(=O)c1ccc(-c2oncc2N)cc1. The Hall–Kier alpha value is -2.30. The molecule has 2 aromatic rings. The van der Waals surface area contributed by atoms with E-state index >= 15 is 0 Å². The first-order valence-electron chi connectivity index (χ1n) is 5.12. The maximum Gasteiger partial charge on any atom is 0.253 e. The summed E-state index contributed by atoms with van der Waals surface area (Å²) in [4.78, 5) is 13.2. The Labute approximate surface area is 98.8 Å². The van der Waals surface area contributed by atoms with Crippen molar-refractivity contribution in [1.82, 2.24) is 10.1 Å². The fourth-order valence-electron chi connectivity index (χ4n) is 1.49. The summed E-state index contributed by atoms with van der Waals surface area (Å²) in [6.07, 6.45) is 1.45. The van der Waals surface area contributed by atoms with Crippen LogP contribution in [0.5, 0.6) is 0 Å². The standard InChI is InChI=1S/C12H13N3O2/c1-15(2)12(16)9-5-3-8(4-6-9)11-10(13)7-14-17-11/h3-7H,13H2,1-2H3. The molecule has 2 N–H and O–H groups in total. The molecule has 0 aliphatic heterocycles. The van der Waals surface area contributed by atoms with Crippen LogP contribution in [0.4, 0.5) is 5.69 Å². The van der Waals surface area contributed by atoms with Crippen molar-refractivity contribution in [2.45, 2.75) is 0 Å². The molecule has 2 rings (SSSR count). The number of rotatable bonds is 2. The number of nitrogen functional groups attached to an aromatic ring is 1. The molecule has 0 bridgehead atoms. The largest absolute Gasteiger partial charge is 0.394 e. The van der Waals surface area contributed by atoms with Gasteiger partial charge in [-0.1, -0.05) is 17.3 Å². The van der Waals surface area contributed by atoms with Gasteiger partial charge in [0.15, 0.2) is 5.76 Å². The van der Waals surface area contributed by atoms with Crippen LogP contribution in [0.15, 0.2) is 35.0 Å². The Morgan fingerprint density at radius 2 is 1.94 bits per heavy atom. The highest BCUT2D eigenvalue weighted by Crippen LogP contribution is 2.25. The van der Waals surface area contributed by atoms with Gasteiger partial charge in [0.1, 0.15) is 5.69 Å². The van der Waals surface area contributed by atoms with E-state index in [9.17, 15) is 4.79 Å². The van der Waals surface area contributed by atoms with E-state index in [4.69, 9.17) is 10.3 Å². The quantitative estimate of drug-likeness (QED) is 0.852. The van der Waals surface area contributed by atoms with Gasteiger partial charge < -0.3 is 15.2 Å². The Morgan fingerprint density at radius 3 is 2.41 bits per heavy atom. The van der Waals surface area contributed by atoms with Crippen LogP contribution in [0.3, 0.4) is 0 Å². The van der Waals surface area contributed by atoms with Crippen molar-refractivity contribution in [2.24, 2.45) is 0 Å². The van der Waals surface area contributed by atoms with Gasteiger partial charge in [0.05, 0.1) is 6.20 Å². The minimum Gasteiger partial charge on any atom is -0.394 e. The van der Waals surface area contributed by atoms with Crippen LogP contribution in [0.2, 0.25) is 0 Å². The Bertz CT molecular complexity index is 529. The molecule has 0 saturated carbocycles. The highest BCUT2D eigenvalue weighted by atomic mass is 16.5. The lowest BCUT2D eigenvalue weighted by Crippen LogP contribution is -2.21. The fourth-order valence-corrected chi connectivity index (χ4v) is 1.49. The number of anilines is 1. The van der Waals surface area contributed by atoms with Crippen LogP contribution < -0.4 is 5.73 Å². The highest BCUT2D eigenvalue weighted by Gasteiger charge is 2.10. The molecule has 0 unspecified atom stereocenters. The number of hydrogen-bond donors (Lipinski definition) is 1. The summed E-state index contributed by atoms with van der Waals surface area (Å²) in [6, 6.07) is 7.04. The summed E-state index contributed by atoms with van der Waals surface area (Å²) in [5.41, 5.74) is 7.59. The normalized spacial score (nSPS) is 10.2. The molecule has 88 valence electrons. The lowest BCUT2D eigenvalue weighted by molar-refractivity contribution is 0.0827. The monoisotopic (exact) mass is 231 g/mol. The second kappa shape index (κ2) is 4.29. The van der Waals surface area contributed by atoms with Gasteiger partial charge in [0.25, 0.3) is 5.91 Å². The number of hydrogen-bond acceptors (Lipinski definition) is 4. The van der Waals surface area contributed by atoms with Crippen molar-refractivity contribution < 1.29 is 9.32 Å². The molecule has 17 heavy (non-hydrogen) atoms. The van der Waals surface area contributed by atoms with Crippen molar-refractivity contribution in [3.63, 3.8) is 0 Å². The zero-order valence-electron chi connectivity index (χ0n) is 9.68. The van der Waals surface area contributed by atoms with Crippen LogP contribution in [-0.4, -0.2) is 30.1 Å². The maximum atomic E-state index is 11.7. The fraction of sp³-hybridized carbons (Fsp3) is 0.167. The smallest absolute Gasteiger partial charge is 0.253 e. The van der Waals surface area contributed by atoms with Crippen molar-refractivity contribution in [1.29, 1.82) is 0 Å². The van der Waals surface area contributed by atoms with E-state index in [1.54, 1.807) is 38.4 Å². The first kappa shape index (κ1) is 11.2. The zero-order chi connectivity index (χ0) is 12.4. The van der Waals surface area contributed by atoms with E-state index in [1.165, 1.54) is 11.1 Å². The van der Waals surface area contributed by atoms with Gasteiger partial charge in [-0.15, -0.1) is 0 Å². The number of carbonyl (C=O) groups is 1. The van der Waals surface area contributed by atoms with Gasteiger partial charge >= 0.3 is 0 Å². The van der Waals surface area contributed by atoms with Crippen molar-refractivity contribution in [3.05, 3.63) is 36.0 Å². The van der Waals surface area contributed by atoms with Gasteiger partial charge in [-0.2, -0.15) is 0 Å². The van der Waals surface area contributed by atoms with Gasteiger partial charge in [-0.3, -0.25) is 4.79 Å². The van der Waals surface area contributed by atoms with Crippen LogP contribution >= 0.6 is 0 Å². The third-order valence-corrected chi connectivity index (χ3v) is 2.40. The van der Waals surface area contributed by atoms with Gasteiger partial charge in [-0.25, -0.2) is 0 Å². The number of nitrogens with two attached hydrogens (primary N) is 1. The molecule has 0 aliphatic rings. The predicted molar refractivity (Wildman–Crippen MR) is 64.4 cm³/mol. The van der Waals surface area contributed by atoms with Crippen molar-refractivity contribution >= 4 is 11.6 Å². The molecule has 0 atom stereocenters. The number of nitrogens with zero attached hydrogens (tertiary/aromatic N) is 2. The lowest BCUT2D eigenvalue weighted by atomic mass is 10.1. The van der Waals surface area contributed by atoms with Crippen LogP contribution in [0.25, 0.3) is 11.3 Å². The highest BCUT2D eigenvalue weighted by molar-refractivity contribution is 5.94. The summed E-state index contributed by atoms with van der Waals surface area (Å²) in [6.45, 7) is 0. The molecule has 0 fully saturated rings. The van der Waals surface area contributed by atoms with Crippen LogP contribution in [-0.2, 0) is 0 Å². The Kier molecular flexibility index (Phi) is 2.82. The molecule has 1 aromatic carbocycles. The van der Waals surface area contributed by atoms with Crippen LogP contribution in [0, 0.1) is 0 Å². The zero-order valence-corrected chi connectivity index (χ0v) is 9.68. The first-order valence-corrected chi connectivity index (χ1v) is 5.12. The van der Waals surface area contributed by atoms with E-state index in [2.05, 4.69) is 5.16 Å². The summed E-state index contributed by atoms with van der Waals surface area (Å²) in [7, 11) is 3.43. The molecule has 0 spiro atoms. The molecule has 0 saturated heterocycles. The average molecular weight is 231 g/mol. The topological polar surface area (TPSA) is 72.4 Å².